The van der Waals surface area contributed by atoms with Crippen LogP contribution in [0.5, 0.6) is 0 Å². The lowest BCUT2D eigenvalue weighted by atomic mass is 9.81. The monoisotopic (exact) mass is 344 g/mol. The van der Waals surface area contributed by atoms with Crippen LogP contribution in [0, 0.1) is 0 Å². The molecule has 0 saturated heterocycles. The molecule has 0 bridgehead atoms. The van der Waals surface area contributed by atoms with Crippen LogP contribution in [0.4, 0.5) is 0 Å². The fourth-order valence-corrected chi connectivity index (χ4v) is 3.04. The van der Waals surface area contributed by atoms with Gasteiger partial charge in [0.1, 0.15) is 5.82 Å². The van der Waals surface area contributed by atoms with Crippen LogP contribution in [0.25, 0.3) is 0 Å². The molecule has 0 aliphatic heterocycles. The molecule has 0 fully saturated rings. The van der Waals surface area contributed by atoms with Gasteiger partial charge < -0.3 is 4.57 Å². The lowest BCUT2D eigenvalue weighted by Gasteiger charge is -2.22. The van der Waals surface area contributed by atoms with E-state index in [1.165, 1.54) is 11.1 Å². The van der Waals surface area contributed by atoms with E-state index in [2.05, 4.69) is 85.8 Å². The molecule has 0 atom stereocenters. The van der Waals surface area contributed by atoms with Gasteiger partial charge in [0.2, 0.25) is 0 Å². The Kier molecular flexibility index (Phi) is 7.26. The average Bonchev–Trinajstić information content (AvgIpc) is 3.14. The first kappa shape index (κ1) is 20.0. The molecule has 1 aromatic heterocycles. The second-order valence-electron chi connectivity index (χ2n) is 7.35. The van der Waals surface area contributed by atoms with Crippen molar-refractivity contribution < 1.29 is 0 Å². The van der Waals surface area contributed by atoms with Crippen LogP contribution in [-0.4, -0.2) is 17.4 Å². The Labute approximate surface area is 159 Å². The first-order valence-electron chi connectivity index (χ1n) is 9.30. The Hall–Kier alpha value is -2.29. The molecule has 3 aromatic rings. The number of aryl methyl sites for hydroxylation is 1. The summed E-state index contributed by atoms with van der Waals surface area (Å²) in [6.45, 7) is 8.69. The summed E-state index contributed by atoms with van der Waals surface area (Å²) in [6.07, 6.45) is 5.56. The Morgan fingerprint density at radius 2 is 1.42 bits per heavy atom. The van der Waals surface area contributed by atoms with Crippen LogP contribution in [0.3, 0.4) is 0 Å². The molecule has 0 N–H and O–H groups in total. The van der Waals surface area contributed by atoms with E-state index in [-0.39, 0.29) is 5.54 Å². The standard InChI is InChI=1S/C14H13B.C9H16N2/c15-11-14(12-7-3-1-4-8-12)13-9-5-2-6-10-13;1-5-8-10-6-7-11(8)9(2,3)4/h1-10,14H,11H2;6-7H,5H2,1-4H3. The summed E-state index contributed by atoms with van der Waals surface area (Å²) in [5.74, 6) is 1.48. The number of aromatic nitrogens is 2. The highest BCUT2D eigenvalue weighted by atomic mass is 15.1. The molecule has 0 spiro atoms. The maximum Gasteiger partial charge on any atom is 0.108 e. The van der Waals surface area contributed by atoms with Crippen molar-refractivity contribution in [2.24, 2.45) is 0 Å². The maximum atomic E-state index is 5.84. The molecular weight excluding hydrogens is 315 g/mol. The van der Waals surface area contributed by atoms with Gasteiger partial charge in [-0.05, 0) is 31.9 Å². The second-order valence-corrected chi connectivity index (χ2v) is 7.35. The third-order valence-corrected chi connectivity index (χ3v) is 4.40. The third-order valence-electron chi connectivity index (χ3n) is 4.40. The van der Waals surface area contributed by atoms with Gasteiger partial charge in [0, 0.05) is 30.3 Å². The molecule has 2 aromatic carbocycles. The van der Waals surface area contributed by atoms with Crippen LogP contribution in [0.2, 0.25) is 6.32 Å². The van der Waals surface area contributed by atoms with E-state index in [0.717, 1.165) is 12.2 Å². The van der Waals surface area contributed by atoms with Gasteiger partial charge in [0.05, 0.1) is 7.85 Å². The Morgan fingerprint density at radius 1 is 0.923 bits per heavy atom. The molecule has 1 heterocycles. The van der Waals surface area contributed by atoms with Crippen molar-refractivity contribution in [3.63, 3.8) is 0 Å². The molecule has 2 radical (unpaired) electrons. The molecule has 0 aliphatic rings. The molecule has 134 valence electrons. The van der Waals surface area contributed by atoms with Crippen LogP contribution in [-0.2, 0) is 12.0 Å². The molecule has 0 aliphatic carbocycles. The zero-order valence-electron chi connectivity index (χ0n) is 16.4. The number of nitrogens with zero attached hydrogens (tertiary/aromatic N) is 2. The predicted octanol–water partition coefficient (Wildman–Crippen LogP) is 5.61. The van der Waals surface area contributed by atoms with Gasteiger partial charge >= 0.3 is 0 Å². The van der Waals surface area contributed by atoms with E-state index in [1.54, 1.807) is 0 Å². The number of benzene rings is 2. The van der Waals surface area contributed by atoms with Gasteiger partial charge in [-0.2, -0.15) is 0 Å². The van der Waals surface area contributed by atoms with Gasteiger partial charge in [-0.3, -0.25) is 0 Å². The fraction of sp³-hybridized carbons (Fsp3) is 0.348. The summed E-state index contributed by atoms with van der Waals surface area (Å²) in [4.78, 5) is 4.26. The Balaban J connectivity index is 0.000000197. The van der Waals surface area contributed by atoms with Crippen LogP contribution < -0.4 is 0 Å². The Bertz CT molecular complexity index is 718. The topological polar surface area (TPSA) is 17.8 Å². The number of imidazole rings is 1. The molecule has 0 saturated carbocycles. The zero-order valence-corrected chi connectivity index (χ0v) is 16.4. The SMILES string of the molecule is CCc1nccn1C(C)(C)C.[B]CC(c1ccccc1)c1ccccc1. The van der Waals surface area contributed by atoms with Crippen LogP contribution >= 0.6 is 0 Å². The lowest BCUT2D eigenvalue weighted by molar-refractivity contribution is 0.383. The highest BCUT2D eigenvalue weighted by Crippen LogP contribution is 2.26. The molecule has 0 unspecified atom stereocenters. The number of hydrogen-bond donors (Lipinski definition) is 0. The lowest BCUT2D eigenvalue weighted by Crippen LogP contribution is -2.23. The van der Waals surface area contributed by atoms with Crippen molar-refractivity contribution in [2.45, 2.75) is 51.9 Å². The quantitative estimate of drug-likeness (QED) is 0.563. The molecule has 26 heavy (non-hydrogen) atoms. The maximum absolute atomic E-state index is 5.84. The zero-order chi connectivity index (χ0) is 19.0. The van der Waals surface area contributed by atoms with Crippen molar-refractivity contribution in [1.29, 1.82) is 0 Å². The highest BCUT2D eigenvalue weighted by molar-refractivity contribution is 6.09. The van der Waals surface area contributed by atoms with E-state index >= 15 is 0 Å². The minimum Gasteiger partial charge on any atom is -0.330 e. The first-order valence-corrected chi connectivity index (χ1v) is 9.30. The number of rotatable bonds is 4. The summed E-state index contributed by atoms with van der Waals surface area (Å²) in [7, 11) is 5.84. The van der Waals surface area contributed by atoms with E-state index < -0.39 is 0 Å². The molecular formula is C23H29BN2. The van der Waals surface area contributed by atoms with Gasteiger partial charge in [-0.1, -0.05) is 73.9 Å². The summed E-state index contributed by atoms with van der Waals surface area (Å²) < 4.78 is 2.22. The summed E-state index contributed by atoms with van der Waals surface area (Å²) in [6, 6.07) is 20.8. The molecule has 0 amide bonds. The van der Waals surface area contributed by atoms with Crippen molar-refractivity contribution in [3.8, 4) is 0 Å². The Morgan fingerprint density at radius 3 is 1.77 bits per heavy atom. The van der Waals surface area contributed by atoms with Crippen LogP contribution in [0.15, 0.2) is 73.1 Å². The van der Waals surface area contributed by atoms with Crippen molar-refractivity contribution in [3.05, 3.63) is 90.0 Å². The normalized spacial score (nSPS) is 11.1. The summed E-state index contributed by atoms with van der Waals surface area (Å²) >= 11 is 0. The minimum absolute atomic E-state index is 0.168. The summed E-state index contributed by atoms with van der Waals surface area (Å²) in [5, 5.41) is 0. The van der Waals surface area contributed by atoms with E-state index in [1.807, 2.05) is 24.5 Å². The van der Waals surface area contributed by atoms with Gasteiger partial charge in [0.25, 0.3) is 0 Å². The molecule has 2 nitrogen and oxygen atoms in total. The average molecular weight is 344 g/mol. The van der Waals surface area contributed by atoms with E-state index in [0.29, 0.717) is 12.2 Å². The summed E-state index contributed by atoms with van der Waals surface area (Å²) in [5.41, 5.74) is 2.74. The number of hydrogen-bond acceptors (Lipinski definition) is 1. The second kappa shape index (κ2) is 9.42. The third kappa shape index (κ3) is 5.35. The van der Waals surface area contributed by atoms with Crippen LogP contribution in [0.1, 0.15) is 50.6 Å². The van der Waals surface area contributed by atoms with Gasteiger partial charge in [-0.15, -0.1) is 0 Å². The van der Waals surface area contributed by atoms with Gasteiger partial charge in [-0.25, -0.2) is 4.98 Å². The highest BCUT2D eigenvalue weighted by Gasteiger charge is 2.14. The molecule has 3 heteroatoms. The van der Waals surface area contributed by atoms with Crippen molar-refractivity contribution in [2.75, 3.05) is 0 Å². The molecule has 3 rings (SSSR count). The van der Waals surface area contributed by atoms with Crippen molar-refractivity contribution in [1.82, 2.24) is 9.55 Å². The smallest absolute Gasteiger partial charge is 0.108 e. The van der Waals surface area contributed by atoms with E-state index in [4.69, 9.17) is 7.85 Å². The first-order chi connectivity index (χ1) is 12.5. The van der Waals surface area contributed by atoms with Gasteiger partial charge in [0.15, 0.2) is 0 Å². The fourth-order valence-electron chi connectivity index (χ4n) is 3.04. The largest absolute Gasteiger partial charge is 0.330 e. The minimum atomic E-state index is 0.168. The van der Waals surface area contributed by atoms with E-state index in [9.17, 15) is 0 Å². The predicted molar refractivity (Wildman–Crippen MR) is 112 cm³/mol. The van der Waals surface area contributed by atoms with Crippen molar-refractivity contribution >= 4 is 7.85 Å².